The van der Waals surface area contributed by atoms with Gasteiger partial charge in [-0.1, -0.05) is 18.2 Å². The Morgan fingerprint density at radius 1 is 1.19 bits per heavy atom. The lowest BCUT2D eigenvalue weighted by Gasteiger charge is -2.12. The molecule has 0 fully saturated rings. The SMILES string of the molecule is CNC(C)c1ccc(OCc2ccc(C#N)cc2C)cc1. The molecule has 0 saturated heterocycles. The summed E-state index contributed by atoms with van der Waals surface area (Å²) in [5.41, 5.74) is 4.09. The molecule has 0 aliphatic carbocycles. The van der Waals surface area contributed by atoms with Crippen LogP contribution >= 0.6 is 0 Å². The Hall–Kier alpha value is -2.31. The fraction of sp³-hybridized carbons (Fsp3) is 0.278. The molecule has 0 radical (unpaired) electrons. The zero-order valence-electron chi connectivity index (χ0n) is 12.7. The molecule has 108 valence electrons. The number of hydrogen-bond donors (Lipinski definition) is 1. The van der Waals surface area contributed by atoms with E-state index in [9.17, 15) is 0 Å². The van der Waals surface area contributed by atoms with E-state index in [0.717, 1.165) is 16.9 Å². The van der Waals surface area contributed by atoms with Crippen LogP contribution in [-0.2, 0) is 6.61 Å². The summed E-state index contributed by atoms with van der Waals surface area (Å²) in [7, 11) is 1.95. The van der Waals surface area contributed by atoms with Gasteiger partial charge >= 0.3 is 0 Å². The van der Waals surface area contributed by atoms with Crippen LogP contribution < -0.4 is 10.1 Å². The van der Waals surface area contributed by atoms with Gasteiger partial charge in [-0.25, -0.2) is 0 Å². The molecular formula is C18H20N2O. The first-order chi connectivity index (χ1) is 10.1. The van der Waals surface area contributed by atoms with Crippen LogP contribution in [0.15, 0.2) is 42.5 Å². The largest absolute Gasteiger partial charge is 0.489 e. The molecule has 0 heterocycles. The minimum absolute atomic E-state index is 0.333. The Labute approximate surface area is 126 Å². The maximum atomic E-state index is 8.87. The second-order valence-corrected chi connectivity index (χ2v) is 5.12. The number of rotatable bonds is 5. The molecule has 21 heavy (non-hydrogen) atoms. The first-order valence-electron chi connectivity index (χ1n) is 7.03. The number of benzene rings is 2. The van der Waals surface area contributed by atoms with Crippen molar-refractivity contribution < 1.29 is 4.74 Å². The van der Waals surface area contributed by atoms with Crippen LogP contribution in [0.3, 0.4) is 0 Å². The number of nitriles is 1. The first kappa shape index (κ1) is 15.1. The van der Waals surface area contributed by atoms with Gasteiger partial charge in [-0.05, 0) is 61.9 Å². The van der Waals surface area contributed by atoms with Crippen molar-refractivity contribution in [3.63, 3.8) is 0 Å². The van der Waals surface area contributed by atoms with E-state index in [2.05, 4.69) is 30.4 Å². The Morgan fingerprint density at radius 2 is 1.90 bits per heavy atom. The maximum Gasteiger partial charge on any atom is 0.119 e. The predicted octanol–water partition coefficient (Wildman–Crippen LogP) is 3.73. The zero-order chi connectivity index (χ0) is 15.2. The van der Waals surface area contributed by atoms with Crippen LogP contribution in [0.2, 0.25) is 0 Å². The van der Waals surface area contributed by atoms with Crippen molar-refractivity contribution in [2.24, 2.45) is 0 Å². The van der Waals surface area contributed by atoms with Crippen molar-refractivity contribution in [1.29, 1.82) is 5.26 Å². The molecule has 0 aliphatic rings. The highest BCUT2D eigenvalue weighted by Gasteiger charge is 2.04. The molecule has 2 rings (SSSR count). The number of ether oxygens (including phenoxy) is 1. The van der Waals surface area contributed by atoms with Crippen molar-refractivity contribution in [2.45, 2.75) is 26.5 Å². The van der Waals surface area contributed by atoms with Gasteiger partial charge in [0.05, 0.1) is 11.6 Å². The van der Waals surface area contributed by atoms with Crippen LogP contribution in [0.25, 0.3) is 0 Å². The van der Waals surface area contributed by atoms with Crippen LogP contribution in [0, 0.1) is 18.3 Å². The lowest BCUT2D eigenvalue weighted by molar-refractivity contribution is 0.305. The Balaban J connectivity index is 2.02. The van der Waals surface area contributed by atoms with E-state index in [4.69, 9.17) is 10.00 Å². The lowest BCUT2D eigenvalue weighted by Crippen LogP contribution is -2.11. The standard InChI is InChI=1S/C18H20N2O/c1-13-10-15(11-19)4-5-17(13)12-21-18-8-6-16(7-9-18)14(2)20-3/h4-10,14,20H,12H2,1-3H3. The summed E-state index contributed by atoms with van der Waals surface area (Å²) in [5.74, 6) is 0.853. The van der Waals surface area contributed by atoms with E-state index in [-0.39, 0.29) is 0 Å². The van der Waals surface area contributed by atoms with E-state index in [0.29, 0.717) is 18.2 Å². The minimum atomic E-state index is 0.333. The molecule has 0 aromatic heterocycles. The Kier molecular flexibility index (Phi) is 4.97. The number of hydrogen-bond acceptors (Lipinski definition) is 3. The molecule has 1 atom stereocenters. The highest BCUT2D eigenvalue weighted by Crippen LogP contribution is 2.19. The molecule has 0 spiro atoms. The molecule has 2 aromatic carbocycles. The van der Waals surface area contributed by atoms with Crippen LogP contribution in [0.5, 0.6) is 5.75 Å². The molecule has 3 heteroatoms. The number of aryl methyl sites for hydroxylation is 1. The summed E-state index contributed by atoms with van der Waals surface area (Å²) in [6, 6.07) is 16.3. The van der Waals surface area contributed by atoms with E-state index in [1.807, 2.05) is 44.3 Å². The molecule has 0 aliphatic heterocycles. The Morgan fingerprint density at radius 3 is 2.48 bits per heavy atom. The van der Waals surface area contributed by atoms with E-state index in [1.165, 1.54) is 5.56 Å². The van der Waals surface area contributed by atoms with Gasteiger partial charge in [0.2, 0.25) is 0 Å². The summed E-state index contributed by atoms with van der Waals surface area (Å²) in [6.07, 6.45) is 0. The van der Waals surface area contributed by atoms with Gasteiger partial charge in [0.1, 0.15) is 12.4 Å². The topological polar surface area (TPSA) is 45.0 Å². The molecule has 2 aromatic rings. The monoisotopic (exact) mass is 280 g/mol. The predicted molar refractivity (Wildman–Crippen MR) is 84.1 cm³/mol. The van der Waals surface area contributed by atoms with Gasteiger partial charge < -0.3 is 10.1 Å². The molecular weight excluding hydrogens is 260 g/mol. The third-order valence-electron chi connectivity index (χ3n) is 3.68. The fourth-order valence-corrected chi connectivity index (χ4v) is 2.11. The molecule has 3 nitrogen and oxygen atoms in total. The van der Waals surface area contributed by atoms with Gasteiger partial charge in [-0.2, -0.15) is 5.26 Å². The van der Waals surface area contributed by atoms with Crippen molar-refractivity contribution in [1.82, 2.24) is 5.32 Å². The van der Waals surface area contributed by atoms with E-state index >= 15 is 0 Å². The summed E-state index contributed by atoms with van der Waals surface area (Å²) in [5, 5.41) is 12.1. The number of nitrogens with one attached hydrogen (secondary N) is 1. The van der Waals surface area contributed by atoms with Crippen molar-refractivity contribution in [2.75, 3.05) is 7.05 Å². The van der Waals surface area contributed by atoms with E-state index in [1.54, 1.807) is 0 Å². The molecule has 1 N–H and O–H groups in total. The molecule has 0 bridgehead atoms. The Bertz CT molecular complexity index is 641. The summed E-state index contributed by atoms with van der Waals surface area (Å²) in [6.45, 7) is 4.63. The van der Waals surface area contributed by atoms with Gasteiger partial charge in [0, 0.05) is 6.04 Å². The third kappa shape index (κ3) is 3.84. The number of nitrogens with zero attached hydrogens (tertiary/aromatic N) is 1. The average Bonchev–Trinajstić information content (AvgIpc) is 2.53. The smallest absolute Gasteiger partial charge is 0.119 e. The fourth-order valence-electron chi connectivity index (χ4n) is 2.11. The van der Waals surface area contributed by atoms with Crippen molar-refractivity contribution in [3.05, 3.63) is 64.7 Å². The zero-order valence-corrected chi connectivity index (χ0v) is 12.7. The van der Waals surface area contributed by atoms with Gasteiger partial charge in [0.25, 0.3) is 0 Å². The summed E-state index contributed by atoms with van der Waals surface area (Å²) in [4.78, 5) is 0. The molecule has 0 saturated carbocycles. The van der Waals surface area contributed by atoms with Gasteiger partial charge in [0.15, 0.2) is 0 Å². The van der Waals surface area contributed by atoms with E-state index < -0.39 is 0 Å². The average molecular weight is 280 g/mol. The third-order valence-corrected chi connectivity index (χ3v) is 3.68. The highest BCUT2D eigenvalue weighted by atomic mass is 16.5. The molecule has 1 unspecified atom stereocenters. The van der Waals surface area contributed by atoms with Gasteiger partial charge in [-0.15, -0.1) is 0 Å². The highest BCUT2D eigenvalue weighted by molar-refractivity contribution is 5.37. The molecule has 0 amide bonds. The van der Waals surface area contributed by atoms with Crippen LogP contribution in [0.1, 0.15) is 35.2 Å². The first-order valence-corrected chi connectivity index (χ1v) is 7.03. The quantitative estimate of drug-likeness (QED) is 0.907. The normalized spacial score (nSPS) is 11.7. The second kappa shape index (κ2) is 6.92. The van der Waals surface area contributed by atoms with Crippen molar-refractivity contribution in [3.8, 4) is 11.8 Å². The lowest BCUT2D eigenvalue weighted by atomic mass is 10.1. The summed E-state index contributed by atoms with van der Waals surface area (Å²) < 4.78 is 5.81. The van der Waals surface area contributed by atoms with Crippen molar-refractivity contribution >= 4 is 0 Å². The van der Waals surface area contributed by atoms with Gasteiger partial charge in [-0.3, -0.25) is 0 Å². The minimum Gasteiger partial charge on any atom is -0.489 e. The second-order valence-electron chi connectivity index (χ2n) is 5.12. The maximum absolute atomic E-state index is 8.87. The van der Waals surface area contributed by atoms with Crippen LogP contribution in [0.4, 0.5) is 0 Å². The summed E-state index contributed by atoms with van der Waals surface area (Å²) >= 11 is 0. The van der Waals surface area contributed by atoms with Crippen LogP contribution in [-0.4, -0.2) is 7.05 Å².